The normalized spacial score (nSPS) is 19.9. The smallest absolute Gasteiger partial charge is 0.0771 e. The van der Waals surface area contributed by atoms with Crippen LogP contribution in [0.1, 0.15) is 37.8 Å². The third kappa shape index (κ3) is 2.86. The van der Waals surface area contributed by atoms with Crippen molar-refractivity contribution in [2.24, 2.45) is 7.05 Å². The van der Waals surface area contributed by atoms with E-state index in [9.17, 15) is 5.11 Å². The number of aliphatic hydroxyl groups is 1. The highest BCUT2D eigenvalue weighted by molar-refractivity contribution is 5.06. The van der Waals surface area contributed by atoms with Gasteiger partial charge in [-0.05, 0) is 25.0 Å². The zero-order valence-electron chi connectivity index (χ0n) is 10.1. The van der Waals surface area contributed by atoms with Crippen molar-refractivity contribution in [1.29, 1.82) is 0 Å². The topological polar surface area (TPSA) is 37.2 Å². The van der Waals surface area contributed by atoms with Gasteiger partial charge in [-0.3, -0.25) is 0 Å². The maximum Gasteiger partial charge on any atom is 0.0771 e. The Morgan fingerprint density at radius 2 is 2.12 bits per heavy atom. The number of nitrogens with one attached hydrogen (secondary N) is 1. The molecule has 1 heterocycles. The summed E-state index contributed by atoms with van der Waals surface area (Å²) in [4.78, 5) is 0. The van der Waals surface area contributed by atoms with Crippen LogP contribution in [-0.4, -0.2) is 21.8 Å². The molecule has 0 unspecified atom stereocenters. The number of aryl methyl sites for hydroxylation is 1. The molecule has 0 bridgehead atoms. The minimum atomic E-state index is -0.455. The highest BCUT2D eigenvalue weighted by Crippen LogP contribution is 2.27. The van der Waals surface area contributed by atoms with Gasteiger partial charge in [-0.15, -0.1) is 0 Å². The van der Waals surface area contributed by atoms with Gasteiger partial charge in [0.2, 0.25) is 0 Å². The monoisotopic (exact) mass is 222 g/mol. The molecule has 1 aliphatic carbocycles. The van der Waals surface area contributed by atoms with E-state index in [0.717, 1.165) is 25.9 Å². The minimum Gasteiger partial charge on any atom is -0.389 e. The second-order valence-electron chi connectivity index (χ2n) is 5.00. The molecule has 1 aliphatic rings. The lowest BCUT2D eigenvalue weighted by Crippen LogP contribution is -2.42. The van der Waals surface area contributed by atoms with Crippen molar-refractivity contribution in [3.63, 3.8) is 0 Å². The number of hydrogen-bond donors (Lipinski definition) is 2. The predicted octanol–water partition coefficient (Wildman–Crippen LogP) is 1.81. The third-order valence-electron chi connectivity index (χ3n) is 3.60. The molecule has 0 aliphatic heterocycles. The van der Waals surface area contributed by atoms with Crippen LogP contribution < -0.4 is 5.32 Å². The van der Waals surface area contributed by atoms with E-state index < -0.39 is 5.60 Å². The van der Waals surface area contributed by atoms with Crippen LogP contribution in [0.3, 0.4) is 0 Å². The SMILES string of the molecule is Cn1cccc1CNCC1(O)CCCCC1. The van der Waals surface area contributed by atoms with Gasteiger partial charge in [0.05, 0.1) is 5.60 Å². The van der Waals surface area contributed by atoms with Gasteiger partial charge >= 0.3 is 0 Å². The van der Waals surface area contributed by atoms with E-state index in [1.165, 1.54) is 25.0 Å². The average molecular weight is 222 g/mol. The van der Waals surface area contributed by atoms with E-state index >= 15 is 0 Å². The first-order valence-corrected chi connectivity index (χ1v) is 6.23. The molecular formula is C13H22N2O. The van der Waals surface area contributed by atoms with E-state index in [1.807, 2.05) is 19.3 Å². The van der Waals surface area contributed by atoms with Crippen molar-refractivity contribution in [3.8, 4) is 0 Å². The molecule has 0 amide bonds. The van der Waals surface area contributed by atoms with Crippen molar-refractivity contribution in [3.05, 3.63) is 24.0 Å². The summed E-state index contributed by atoms with van der Waals surface area (Å²) < 4.78 is 2.11. The maximum atomic E-state index is 10.3. The lowest BCUT2D eigenvalue weighted by atomic mass is 9.85. The van der Waals surface area contributed by atoms with Crippen LogP contribution in [-0.2, 0) is 13.6 Å². The van der Waals surface area contributed by atoms with E-state index in [4.69, 9.17) is 0 Å². The first kappa shape index (κ1) is 11.7. The average Bonchev–Trinajstić information content (AvgIpc) is 2.65. The summed E-state index contributed by atoms with van der Waals surface area (Å²) in [5.41, 5.74) is 0.808. The summed E-state index contributed by atoms with van der Waals surface area (Å²) in [5, 5.41) is 13.7. The third-order valence-corrected chi connectivity index (χ3v) is 3.60. The number of aromatic nitrogens is 1. The Balaban J connectivity index is 1.77. The Labute approximate surface area is 97.5 Å². The van der Waals surface area contributed by atoms with Gasteiger partial charge < -0.3 is 15.0 Å². The zero-order chi connectivity index (χ0) is 11.4. The summed E-state index contributed by atoms with van der Waals surface area (Å²) in [5.74, 6) is 0. The molecule has 1 saturated carbocycles. The highest BCUT2D eigenvalue weighted by Gasteiger charge is 2.28. The quantitative estimate of drug-likeness (QED) is 0.815. The number of rotatable bonds is 4. The summed E-state index contributed by atoms with van der Waals surface area (Å²) in [7, 11) is 2.05. The summed E-state index contributed by atoms with van der Waals surface area (Å²) in [6.07, 6.45) is 7.57. The lowest BCUT2D eigenvalue weighted by Gasteiger charge is -2.32. The molecule has 16 heavy (non-hydrogen) atoms. The van der Waals surface area contributed by atoms with Gasteiger partial charge in [0.15, 0.2) is 0 Å². The van der Waals surface area contributed by atoms with Crippen LogP contribution in [0.4, 0.5) is 0 Å². The van der Waals surface area contributed by atoms with Crippen LogP contribution in [0.5, 0.6) is 0 Å². The zero-order valence-corrected chi connectivity index (χ0v) is 10.1. The van der Waals surface area contributed by atoms with Gasteiger partial charge in [-0.25, -0.2) is 0 Å². The fourth-order valence-corrected chi connectivity index (χ4v) is 2.49. The molecule has 0 saturated heterocycles. The summed E-state index contributed by atoms with van der Waals surface area (Å²) >= 11 is 0. The van der Waals surface area contributed by atoms with Crippen LogP contribution in [0.15, 0.2) is 18.3 Å². The Bertz CT molecular complexity index is 326. The van der Waals surface area contributed by atoms with Crippen molar-refractivity contribution in [1.82, 2.24) is 9.88 Å². The first-order chi connectivity index (χ1) is 7.70. The molecular weight excluding hydrogens is 200 g/mol. The van der Waals surface area contributed by atoms with Crippen LogP contribution in [0.25, 0.3) is 0 Å². The highest BCUT2D eigenvalue weighted by atomic mass is 16.3. The first-order valence-electron chi connectivity index (χ1n) is 6.23. The van der Waals surface area contributed by atoms with E-state index in [1.54, 1.807) is 0 Å². The Kier molecular flexibility index (Phi) is 3.66. The van der Waals surface area contributed by atoms with Crippen molar-refractivity contribution < 1.29 is 5.11 Å². The maximum absolute atomic E-state index is 10.3. The number of nitrogens with zero attached hydrogens (tertiary/aromatic N) is 1. The fraction of sp³-hybridized carbons (Fsp3) is 0.692. The van der Waals surface area contributed by atoms with E-state index in [2.05, 4.69) is 16.0 Å². The second kappa shape index (κ2) is 5.02. The van der Waals surface area contributed by atoms with E-state index in [0.29, 0.717) is 0 Å². The molecule has 0 radical (unpaired) electrons. The van der Waals surface area contributed by atoms with Gasteiger partial charge in [0.25, 0.3) is 0 Å². The van der Waals surface area contributed by atoms with Gasteiger partial charge in [-0.2, -0.15) is 0 Å². The molecule has 1 aromatic heterocycles. The van der Waals surface area contributed by atoms with Crippen molar-refractivity contribution in [2.75, 3.05) is 6.54 Å². The van der Waals surface area contributed by atoms with Crippen molar-refractivity contribution >= 4 is 0 Å². The van der Waals surface area contributed by atoms with Crippen molar-refractivity contribution in [2.45, 2.75) is 44.2 Å². The molecule has 2 rings (SSSR count). The Morgan fingerprint density at radius 3 is 2.75 bits per heavy atom. The lowest BCUT2D eigenvalue weighted by molar-refractivity contribution is 0.00458. The standard InChI is InChI=1S/C13H22N2O/c1-15-9-5-6-12(15)10-14-11-13(16)7-3-2-4-8-13/h5-6,9,14,16H,2-4,7-8,10-11H2,1H3. The number of hydrogen-bond acceptors (Lipinski definition) is 2. The summed E-state index contributed by atoms with van der Waals surface area (Å²) in [6.45, 7) is 1.56. The molecule has 1 aromatic rings. The minimum absolute atomic E-state index is 0.455. The van der Waals surface area contributed by atoms with Crippen LogP contribution >= 0.6 is 0 Å². The van der Waals surface area contributed by atoms with E-state index in [-0.39, 0.29) is 0 Å². The van der Waals surface area contributed by atoms with Gasteiger partial charge in [0, 0.05) is 32.0 Å². The predicted molar refractivity (Wildman–Crippen MR) is 65.2 cm³/mol. The molecule has 3 heteroatoms. The molecule has 0 spiro atoms. The molecule has 0 atom stereocenters. The largest absolute Gasteiger partial charge is 0.389 e. The Morgan fingerprint density at radius 1 is 1.38 bits per heavy atom. The fourth-order valence-electron chi connectivity index (χ4n) is 2.49. The van der Waals surface area contributed by atoms with Crippen LogP contribution in [0.2, 0.25) is 0 Å². The van der Waals surface area contributed by atoms with Gasteiger partial charge in [-0.1, -0.05) is 19.3 Å². The van der Waals surface area contributed by atoms with Crippen LogP contribution in [0, 0.1) is 0 Å². The molecule has 2 N–H and O–H groups in total. The molecule has 1 fully saturated rings. The Hall–Kier alpha value is -0.800. The van der Waals surface area contributed by atoms with Gasteiger partial charge in [0.1, 0.15) is 0 Å². The molecule has 90 valence electrons. The molecule has 3 nitrogen and oxygen atoms in total. The second-order valence-corrected chi connectivity index (χ2v) is 5.00. The molecule has 0 aromatic carbocycles. The summed E-state index contributed by atoms with van der Waals surface area (Å²) in [6, 6.07) is 4.16.